The van der Waals surface area contributed by atoms with Crippen LogP contribution >= 0.6 is 15.6 Å². The first-order chi connectivity index (χ1) is 43.4. The molecule has 90 heavy (non-hydrogen) atoms. The molecule has 3 N–H and O–H groups in total. The van der Waals surface area contributed by atoms with Crippen molar-refractivity contribution < 1.29 is 80.2 Å². The van der Waals surface area contributed by atoms with Crippen molar-refractivity contribution in [2.75, 3.05) is 39.6 Å². The molecule has 534 valence electrons. The molecule has 0 spiro atoms. The molecule has 0 aliphatic heterocycles. The van der Waals surface area contributed by atoms with Crippen molar-refractivity contribution in [3.8, 4) is 0 Å². The number of phosphoric acid groups is 2. The quantitative estimate of drug-likeness (QED) is 0.0222. The van der Waals surface area contributed by atoms with Crippen molar-refractivity contribution in [3.63, 3.8) is 0 Å². The molecule has 0 saturated carbocycles. The zero-order valence-electron chi connectivity index (χ0n) is 58.4. The minimum Gasteiger partial charge on any atom is -0.462 e. The van der Waals surface area contributed by atoms with Crippen LogP contribution in [0.4, 0.5) is 0 Å². The minimum atomic E-state index is -4.95. The molecular weight excluding hydrogens is 1190 g/mol. The summed E-state index contributed by atoms with van der Waals surface area (Å²) < 4.78 is 68.3. The van der Waals surface area contributed by atoms with Crippen molar-refractivity contribution >= 4 is 39.5 Å². The SMILES string of the molecule is CCCCCCCCCCCCCCCCCCCC(=O)O[C@H](COC(=O)CCCCCCCCCCCCC(C)C)COP(=O)(O)OC[C@@H](O)COP(=O)(O)OC[C@@H](COC(=O)CCCCCCCCCC)OC(=O)CCCCCCCCCCCC(C)C. The topological polar surface area (TPSA) is 237 Å². The first kappa shape index (κ1) is 88.1. The van der Waals surface area contributed by atoms with Crippen LogP contribution in [0.1, 0.15) is 363 Å². The molecule has 2 unspecified atom stereocenters. The maximum atomic E-state index is 13.0. The van der Waals surface area contributed by atoms with Gasteiger partial charge in [-0.3, -0.25) is 37.3 Å². The summed E-state index contributed by atoms with van der Waals surface area (Å²) in [5, 5.41) is 10.6. The normalized spacial score (nSPS) is 14.1. The summed E-state index contributed by atoms with van der Waals surface area (Å²) in [4.78, 5) is 72.5. The Morgan fingerprint density at radius 1 is 0.300 bits per heavy atom. The summed E-state index contributed by atoms with van der Waals surface area (Å²) in [6.45, 7) is 9.50. The third-order valence-corrected chi connectivity index (χ3v) is 18.4. The highest BCUT2D eigenvalue weighted by molar-refractivity contribution is 7.47. The number of carbonyl (C=O) groups excluding carboxylic acids is 4. The number of hydrogen-bond donors (Lipinski definition) is 3. The highest BCUT2D eigenvalue weighted by atomic mass is 31.2. The summed E-state index contributed by atoms with van der Waals surface area (Å²) in [6.07, 6.45) is 48.6. The molecule has 0 aromatic rings. The number of aliphatic hydroxyl groups is 1. The Labute approximate surface area is 549 Å². The molecule has 0 aromatic carbocycles. The van der Waals surface area contributed by atoms with Crippen LogP contribution in [0.3, 0.4) is 0 Å². The summed E-state index contributed by atoms with van der Waals surface area (Å²) in [6, 6.07) is 0. The average Bonchev–Trinajstić information content (AvgIpc) is 3.64. The lowest BCUT2D eigenvalue weighted by molar-refractivity contribution is -0.161. The van der Waals surface area contributed by atoms with Gasteiger partial charge in [-0.15, -0.1) is 0 Å². The van der Waals surface area contributed by atoms with Gasteiger partial charge in [0.05, 0.1) is 26.4 Å². The van der Waals surface area contributed by atoms with E-state index in [9.17, 15) is 43.2 Å². The van der Waals surface area contributed by atoms with Crippen molar-refractivity contribution in [2.45, 2.75) is 381 Å². The zero-order chi connectivity index (χ0) is 66.5. The van der Waals surface area contributed by atoms with Crippen LogP contribution in [0.5, 0.6) is 0 Å². The van der Waals surface area contributed by atoms with E-state index in [4.69, 9.17) is 37.0 Å². The second kappa shape index (κ2) is 63.1. The van der Waals surface area contributed by atoms with Gasteiger partial charge in [0.2, 0.25) is 0 Å². The molecule has 19 heteroatoms. The van der Waals surface area contributed by atoms with Gasteiger partial charge in [-0.1, -0.05) is 311 Å². The molecule has 0 heterocycles. The molecule has 0 aliphatic carbocycles. The van der Waals surface area contributed by atoms with Crippen molar-refractivity contribution in [3.05, 3.63) is 0 Å². The van der Waals surface area contributed by atoms with Crippen molar-refractivity contribution in [1.29, 1.82) is 0 Å². The van der Waals surface area contributed by atoms with Crippen LogP contribution in [0.15, 0.2) is 0 Å². The van der Waals surface area contributed by atoms with Crippen LogP contribution in [0.2, 0.25) is 0 Å². The van der Waals surface area contributed by atoms with E-state index in [2.05, 4.69) is 41.5 Å². The third-order valence-electron chi connectivity index (χ3n) is 16.5. The van der Waals surface area contributed by atoms with Gasteiger partial charge in [0, 0.05) is 25.7 Å². The smallest absolute Gasteiger partial charge is 0.462 e. The Balaban J connectivity index is 5.22. The molecule has 0 saturated heterocycles. The van der Waals surface area contributed by atoms with Gasteiger partial charge in [0.15, 0.2) is 12.2 Å². The Bertz CT molecular complexity index is 1750. The second-order valence-corrected chi connectivity index (χ2v) is 29.5. The predicted molar refractivity (Wildman–Crippen MR) is 363 cm³/mol. The Kier molecular flexibility index (Phi) is 61.8. The first-order valence-electron chi connectivity index (χ1n) is 37.0. The van der Waals surface area contributed by atoms with E-state index in [0.29, 0.717) is 25.7 Å². The van der Waals surface area contributed by atoms with Crippen LogP contribution in [0, 0.1) is 11.8 Å². The molecule has 0 radical (unpaired) electrons. The number of unbranched alkanes of at least 4 members (excludes halogenated alkanes) is 40. The lowest BCUT2D eigenvalue weighted by atomic mass is 10.0. The maximum absolute atomic E-state index is 13.0. The molecule has 0 aromatic heterocycles. The van der Waals surface area contributed by atoms with Gasteiger partial charge in [-0.25, -0.2) is 9.13 Å². The largest absolute Gasteiger partial charge is 0.472 e. The van der Waals surface area contributed by atoms with Gasteiger partial charge in [-0.2, -0.15) is 0 Å². The Hall–Kier alpha value is -1.94. The molecule has 0 aliphatic rings. The van der Waals surface area contributed by atoms with Crippen LogP contribution in [-0.2, 0) is 65.4 Å². The fourth-order valence-electron chi connectivity index (χ4n) is 10.8. The van der Waals surface area contributed by atoms with Gasteiger partial charge >= 0.3 is 39.5 Å². The molecule has 0 fully saturated rings. The number of phosphoric ester groups is 2. The van der Waals surface area contributed by atoms with E-state index in [-0.39, 0.29) is 25.7 Å². The van der Waals surface area contributed by atoms with E-state index < -0.39 is 97.5 Å². The molecule has 0 rings (SSSR count). The molecule has 17 nitrogen and oxygen atoms in total. The lowest BCUT2D eigenvalue weighted by Crippen LogP contribution is -2.30. The number of carbonyl (C=O) groups is 4. The van der Waals surface area contributed by atoms with Gasteiger partial charge < -0.3 is 33.8 Å². The third kappa shape index (κ3) is 64.8. The van der Waals surface area contributed by atoms with Gasteiger partial charge in [-0.05, 0) is 37.5 Å². The highest BCUT2D eigenvalue weighted by Crippen LogP contribution is 2.45. The lowest BCUT2D eigenvalue weighted by Gasteiger charge is -2.21. The molecule has 0 bridgehead atoms. The van der Waals surface area contributed by atoms with Crippen LogP contribution in [-0.4, -0.2) is 96.7 Å². The van der Waals surface area contributed by atoms with E-state index in [1.54, 1.807) is 0 Å². The number of esters is 4. The van der Waals surface area contributed by atoms with Gasteiger partial charge in [0.25, 0.3) is 0 Å². The van der Waals surface area contributed by atoms with E-state index in [1.165, 1.54) is 173 Å². The minimum absolute atomic E-state index is 0.105. The summed E-state index contributed by atoms with van der Waals surface area (Å²) in [5.41, 5.74) is 0. The second-order valence-electron chi connectivity index (χ2n) is 26.6. The fraction of sp³-hybridized carbons (Fsp3) is 0.944. The summed E-state index contributed by atoms with van der Waals surface area (Å²) >= 11 is 0. The zero-order valence-corrected chi connectivity index (χ0v) is 60.2. The summed E-state index contributed by atoms with van der Waals surface area (Å²) in [7, 11) is -9.90. The highest BCUT2D eigenvalue weighted by Gasteiger charge is 2.30. The van der Waals surface area contributed by atoms with E-state index >= 15 is 0 Å². The Morgan fingerprint density at radius 2 is 0.511 bits per heavy atom. The Morgan fingerprint density at radius 3 is 0.756 bits per heavy atom. The molecule has 0 amide bonds. The van der Waals surface area contributed by atoms with Crippen LogP contribution < -0.4 is 0 Å². The standard InChI is InChI=1S/C71H138O17P2/c1-7-9-11-13-15-17-18-19-20-21-22-23-24-31-37-43-49-55-70(75)87-67(60-82-69(74)54-48-42-36-30-26-25-28-33-39-45-51-63(3)4)62-86-90(79,80)84-58-65(72)57-83-89(77,78)85-61-66(59-81-68(73)53-47-41-35-16-14-12-10-8-2)88-71(76)56-50-44-38-32-27-29-34-40-46-52-64(5)6/h63-67,72H,7-62H2,1-6H3,(H,77,78)(H,79,80)/t65-,66+,67+/m0/s1. The van der Waals surface area contributed by atoms with Crippen LogP contribution in [0.25, 0.3) is 0 Å². The van der Waals surface area contributed by atoms with Gasteiger partial charge in [0.1, 0.15) is 19.3 Å². The average molecular weight is 1330 g/mol. The molecular formula is C71H138O17P2. The first-order valence-corrected chi connectivity index (χ1v) is 40.0. The van der Waals surface area contributed by atoms with Crippen molar-refractivity contribution in [1.82, 2.24) is 0 Å². The number of rotatable bonds is 70. The van der Waals surface area contributed by atoms with E-state index in [0.717, 1.165) is 108 Å². The van der Waals surface area contributed by atoms with Crippen molar-refractivity contribution in [2.24, 2.45) is 11.8 Å². The monoisotopic (exact) mass is 1320 g/mol. The van der Waals surface area contributed by atoms with E-state index in [1.807, 2.05) is 0 Å². The number of hydrogen-bond acceptors (Lipinski definition) is 15. The predicted octanol–water partition coefficient (Wildman–Crippen LogP) is 20.4. The number of ether oxygens (including phenoxy) is 4. The molecule has 5 atom stereocenters. The maximum Gasteiger partial charge on any atom is 0.472 e. The fourth-order valence-corrected chi connectivity index (χ4v) is 12.3. The number of aliphatic hydroxyl groups excluding tert-OH is 1. The summed E-state index contributed by atoms with van der Waals surface area (Å²) in [5.74, 6) is -0.630.